The monoisotopic (exact) mass is 498 g/mol. The Morgan fingerprint density at radius 1 is 1.03 bits per heavy atom. The molecule has 0 unspecified atom stereocenters. The van der Waals surface area contributed by atoms with Gasteiger partial charge in [-0.05, 0) is 54.3 Å². The molecule has 0 aliphatic carbocycles. The molecule has 1 heterocycles. The first kappa shape index (κ1) is 26.0. The van der Waals surface area contributed by atoms with Gasteiger partial charge in [0.1, 0.15) is 23.9 Å². The number of hydrogen-bond donors (Lipinski definition) is 1. The van der Waals surface area contributed by atoms with Crippen molar-refractivity contribution < 1.29 is 19.4 Å². The number of aryl methyl sites for hydroxylation is 2. The summed E-state index contributed by atoms with van der Waals surface area (Å²) in [4.78, 5) is 15.8. The molecule has 0 aliphatic rings. The van der Waals surface area contributed by atoms with Gasteiger partial charge in [0.2, 0.25) is 0 Å². The minimum absolute atomic E-state index is 0.0241. The van der Waals surface area contributed by atoms with Crippen LogP contribution in [0.15, 0.2) is 79.1 Å². The maximum absolute atomic E-state index is 11.5. The second-order valence-corrected chi connectivity index (χ2v) is 9.30. The Hall–Kier alpha value is -4.06. The highest BCUT2D eigenvalue weighted by atomic mass is 16.5. The SMILES string of the molecule is CCCCOc1ccc(C)cc1-c1ccc(COc2ccc([C@H](CC(=O)O)c3nccn3C)cc2)cc1. The number of carboxylic acids is 1. The summed E-state index contributed by atoms with van der Waals surface area (Å²) in [6.07, 6.45) is 5.63. The number of aromatic nitrogens is 2. The number of carboxylic acid groups (broad SMARTS) is 1. The zero-order valence-electron chi connectivity index (χ0n) is 21.7. The highest BCUT2D eigenvalue weighted by Gasteiger charge is 2.21. The molecule has 1 aromatic heterocycles. The second-order valence-electron chi connectivity index (χ2n) is 9.30. The third-order valence-electron chi connectivity index (χ3n) is 6.39. The number of aliphatic carboxylic acids is 1. The number of rotatable bonds is 12. The van der Waals surface area contributed by atoms with Crippen molar-refractivity contribution >= 4 is 5.97 Å². The van der Waals surface area contributed by atoms with E-state index in [2.05, 4.69) is 61.3 Å². The standard InChI is InChI=1S/C31H34N2O4/c1-4-5-18-36-29-15-6-22(2)19-27(29)24-9-7-23(8-10-24)21-37-26-13-11-25(12-14-26)28(20-30(34)35)31-32-16-17-33(31)3/h6-17,19,28H,4-5,18,20-21H2,1-3H3,(H,34,35)/t28-/m0/s1. The van der Waals surface area contributed by atoms with Crippen molar-refractivity contribution in [2.45, 2.75) is 45.6 Å². The maximum atomic E-state index is 11.5. The minimum Gasteiger partial charge on any atom is -0.493 e. The summed E-state index contributed by atoms with van der Waals surface area (Å²) in [6, 6.07) is 22.3. The van der Waals surface area contributed by atoms with Crippen molar-refractivity contribution in [2.75, 3.05) is 6.61 Å². The van der Waals surface area contributed by atoms with Crippen LogP contribution in [-0.2, 0) is 18.4 Å². The predicted octanol–water partition coefficient (Wildman–Crippen LogP) is 6.76. The molecule has 4 rings (SSSR count). The number of nitrogens with zero attached hydrogens (tertiary/aromatic N) is 2. The molecule has 0 saturated heterocycles. The van der Waals surface area contributed by atoms with Gasteiger partial charge in [-0.15, -0.1) is 0 Å². The van der Waals surface area contributed by atoms with Crippen LogP contribution in [-0.4, -0.2) is 27.2 Å². The van der Waals surface area contributed by atoms with Gasteiger partial charge >= 0.3 is 5.97 Å². The van der Waals surface area contributed by atoms with Crippen LogP contribution in [0.3, 0.4) is 0 Å². The first-order valence-corrected chi connectivity index (χ1v) is 12.7. The molecule has 37 heavy (non-hydrogen) atoms. The van der Waals surface area contributed by atoms with Crippen molar-refractivity contribution in [1.29, 1.82) is 0 Å². The van der Waals surface area contributed by atoms with Crippen LogP contribution in [0.2, 0.25) is 0 Å². The number of carbonyl (C=O) groups is 1. The molecular formula is C31H34N2O4. The molecule has 6 heteroatoms. The first-order valence-electron chi connectivity index (χ1n) is 12.7. The minimum atomic E-state index is -0.859. The molecule has 0 saturated carbocycles. The van der Waals surface area contributed by atoms with E-state index in [-0.39, 0.29) is 12.3 Å². The summed E-state index contributed by atoms with van der Waals surface area (Å²) in [5.74, 6) is 1.18. The van der Waals surface area contributed by atoms with Crippen LogP contribution in [0.1, 0.15) is 54.6 Å². The summed E-state index contributed by atoms with van der Waals surface area (Å²) in [6.45, 7) is 5.40. The topological polar surface area (TPSA) is 73.6 Å². The van der Waals surface area contributed by atoms with Gasteiger partial charge in [0.15, 0.2) is 0 Å². The molecule has 6 nitrogen and oxygen atoms in total. The van der Waals surface area contributed by atoms with Gasteiger partial charge in [0, 0.05) is 25.0 Å². The van der Waals surface area contributed by atoms with E-state index in [1.54, 1.807) is 6.20 Å². The van der Waals surface area contributed by atoms with Crippen LogP contribution < -0.4 is 9.47 Å². The molecular weight excluding hydrogens is 464 g/mol. The van der Waals surface area contributed by atoms with Crippen molar-refractivity contribution in [3.63, 3.8) is 0 Å². The Kier molecular flexibility index (Phi) is 8.62. The van der Waals surface area contributed by atoms with E-state index < -0.39 is 5.97 Å². The first-order chi connectivity index (χ1) is 17.9. The Balaban J connectivity index is 1.42. The van der Waals surface area contributed by atoms with Crippen molar-refractivity contribution in [3.05, 3.63) is 102 Å². The van der Waals surface area contributed by atoms with Gasteiger partial charge < -0.3 is 19.1 Å². The summed E-state index contributed by atoms with van der Waals surface area (Å²) in [5.41, 5.74) is 5.36. The quantitative estimate of drug-likeness (QED) is 0.219. The lowest BCUT2D eigenvalue weighted by Gasteiger charge is -2.16. The molecule has 0 aliphatic heterocycles. The van der Waals surface area contributed by atoms with Gasteiger partial charge in [-0.25, -0.2) is 4.98 Å². The maximum Gasteiger partial charge on any atom is 0.304 e. The molecule has 4 aromatic rings. The summed E-state index contributed by atoms with van der Waals surface area (Å²) < 4.78 is 13.9. The molecule has 192 valence electrons. The lowest BCUT2D eigenvalue weighted by Crippen LogP contribution is -2.12. The third kappa shape index (κ3) is 6.79. The van der Waals surface area contributed by atoms with E-state index in [4.69, 9.17) is 9.47 Å². The fourth-order valence-electron chi connectivity index (χ4n) is 4.31. The van der Waals surface area contributed by atoms with Crippen molar-refractivity contribution in [2.24, 2.45) is 7.05 Å². The van der Waals surface area contributed by atoms with Gasteiger partial charge in [-0.1, -0.05) is 61.4 Å². The van der Waals surface area contributed by atoms with Gasteiger partial charge in [-0.2, -0.15) is 0 Å². The lowest BCUT2D eigenvalue weighted by molar-refractivity contribution is -0.137. The van der Waals surface area contributed by atoms with Crippen LogP contribution in [0.25, 0.3) is 11.1 Å². The Morgan fingerprint density at radius 2 is 1.78 bits per heavy atom. The smallest absolute Gasteiger partial charge is 0.304 e. The average molecular weight is 499 g/mol. The summed E-state index contributed by atoms with van der Waals surface area (Å²) >= 11 is 0. The van der Waals surface area contributed by atoms with E-state index in [0.717, 1.165) is 59.0 Å². The van der Waals surface area contributed by atoms with Crippen LogP contribution >= 0.6 is 0 Å². The Labute approximate surface area is 218 Å². The zero-order valence-corrected chi connectivity index (χ0v) is 21.7. The zero-order chi connectivity index (χ0) is 26.2. The van der Waals surface area contributed by atoms with Crippen molar-refractivity contribution in [3.8, 4) is 22.6 Å². The predicted molar refractivity (Wildman–Crippen MR) is 145 cm³/mol. The fraction of sp³-hybridized carbons (Fsp3) is 0.290. The van der Waals surface area contributed by atoms with E-state index >= 15 is 0 Å². The number of imidazole rings is 1. The molecule has 3 aromatic carbocycles. The molecule has 1 N–H and O–H groups in total. The Morgan fingerprint density at radius 3 is 2.43 bits per heavy atom. The van der Waals surface area contributed by atoms with E-state index in [0.29, 0.717) is 6.61 Å². The van der Waals surface area contributed by atoms with Gasteiger partial charge in [-0.3, -0.25) is 4.79 Å². The molecule has 1 atom stereocenters. The van der Waals surface area contributed by atoms with E-state index in [1.807, 2.05) is 42.1 Å². The van der Waals surface area contributed by atoms with Crippen LogP contribution in [0.5, 0.6) is 11.5 Å². The van der Waals surface area contributed by atoms with Crippen LogP contribution in [0.4, 0.5) is 0 Å². The molecule has 0 spiro atoms. The number of ether oxygens (including phenoxy) is 2. The van der Waals surface area contributed by atoms with E-state index in [1.165, 1.54) is 5.56 Å². The number of unbranched alkanes of at least 4 members (excludes halogenated alkanes) is 1. The summed E-state index contributed by atoms with van der Waals surface area (Å²) in [7, 11) is 1.87. The lowest BCUT2D eigenvalue weighted by atomic mass is 9.94. The highest BCUT2D eigenvalue weighted by Crippen LogP contribution is 2.32. The molecule has 0 radical (unpaired) electrons. The Bertz CT molecular complexity index is 1310. The number of hydrogen-bond acceptors (Lipinski definition) is 4. The summed E-state index contributed by atoms with van der Waals surface area (Å²) in [5, 5.41) is 9.40. The highest BCUT2D eigenvalue weighted by molar-refractivity contribution is 5.71. The van der Waals surface area contributed by atoms with Crippen LogP contribution in [0, 0.1) is 6.92 Å². The van der Waals surface area contributed by atoms with Gasteiger partial charge in [0.25, 0.3) is 0 Å². The normalized spacial score (nSPS) is 11.8. The molecule has 0 amide bonds. The largest absolute Gasteiger partial charge is 0.493 e. The second kappa shape index (κ2) is 12.3. The number of benzene rings is 3. The fourth-order valence-corrected chi connectivity index (χ4v) is 4.31. The molecule has 0 bridgehead atoms. The third-order valence-corrected chi connectivity index (χ3v) is 6.39. The van der Waals surface area contributed by atoms with Gasteiger partial charge in [0.05, 0.1) is 18.9 Å². The average Bonchev–Trinajstić information content (AvgIpc) is 3.33. The van der Waals surface area contributed by atoms with Crippen molar-refractivity contribution in [1.82, 2.24) is 9.55 Å². The molecule has 0 fully saturated rings. The van der Waals surface area contributed by atoms with E-state index in [9.17, 15) is 9.90 Å².